The van der Waals surface area contributed by atoms with Gasteiger partial charge in [0.15, 0.2) is 0 Å². The molecule has 4 heteroatoms. The third-order valence-corrected chi connectivity index (χ3v) is 3.74. The van der Waals surface area contributed by atoms with E-state index in [1.165, 1.54) is 12.1 Å². The molecule has 2 rings (SSSR count). The van der Waals surface area contributed by atoms with Crippen LogP contribution in [-0.4, -0.2) is 11.2 Å². The summed E-state index contributed by atoms with van der Waals surface area (Å²) < 4.78 is 13.9. The lowest BCUT2D eigenvalue weighted by molar-refractivity contribution is 0.175. The molecule has 0 aliphatic rings. The summed E-state index contributed by atoms with van der Waals surface area (Å²) in [5.41, 5.74) is 1.81. The molecule has 1 N–H and O–H groups in total. The second kappa shape index (κ2) is 6.51. The molecule has 0 spiro atoms. The molecule has 1 unspecified atom stereocenters. The standard InChI is InChI=1S/C15H13BrClFO/c16-12-4-1-10(2-5-12)7-14(19)8-11-3-6-13(18)9-15(11)17/h1-6,9,14,19H,7-8H2. The van der Waals surface area contributed by atoms with Crippen molar-refractivity contribution >= 4 is 27.5 Å². The number of rotatable bonds is 4. The Morgan fingerprint density at radius 1 is 1.11 bits per heavy atom. The summed E-state index contributed by atoms with van der Waals surface area (Å²) >= 11 is 9.31. The van der Waals surface area contributed by atoms with Crippen molar-refractivity contribution < 1.29 is 9.50 Å². The summed E-state index contributed by atoms with van der Waals surface area (Å²) in [5, 5.41) is 10.4. The number of hydrogen-bond donors (Lipinski definition) is 1. The minimum atomic E-state index is -0.538. The van der Waals surface area contributed by atoms with Gasteiger partial charge in [0.2, 0.25) is 0 Å². The Hall–Kier alpha value is -0.900. The number of aliphatic hydroxyl groups excluding tert-OH is 1. The van der Waals surface area contributed by atoms with E-state index in [0.717, 1.165) is 15.6 Å². The summed E-state index contributed by atoms with van der Waals surface area (Å²) in [6, 6.07) is 12.0. The zero-order valence-corrected chi connectivity index (χ0v) is 12.5. The van der Waals surface area contributed by atoms with Crippen LogP contribution >= 0.6 is 27.5 Å². The molecule has 1 atom stereocenters. The van der Waals surface area contributed by atoms with Gasteiger partial charge in [0, 0.05) is 15.9 Å². The normalized spacial score (nSPS) is 12.4. The van der Waals surface area contributed by atoms with Gasteiger partial charge in [-0.05, 0) is 41.8 Å². The van der Waals surface area contributed by atoms with Crippen LogP contribution in [0.25, 0.3) is 0 Å². The average Bonchev–Trinajstić information content (AvgIpc) is 2.36. The number of aliphatic hydroxyl groups is 1. The molecule has 0 aliphatic heterocycles. The van der Waals surface area contributed by atoms with Gasteiger partial charge in [0.25, 0.3) is 0 Å². The minimum Gasteiger partial charge on any atom is -0.392 e. The van der Waals surface area contributed by atoms with Crippen molar-refractivity contribution in [3.05, 3.63) is 68.9 Å². The Kier molecular flexibility index (Phi) is 4.97. The molecule has 0 radical (unpaired) electrons. The SMILES string of the molecule is OC(Cc1ccc(Br)cc1)Cc1ccc(F)cc1Cl. The van der Waals surface area contributed by atoms with E-state index >= 15 is 0 Å². The van der Waals surface area contributed by atoms with Crippen molar-refractivity contribution in [2.75, 3.05) is 0 Å². The van der Waals surface area contributed by atoms with Crippen LogP contribution in [0.2, 0.25) is 5.02 Å². The van der Waals surface area contributed by atoms with Crippen LogP contribution in [0, 0.1) is 5.82 Å². The van der Waals surface area contributed by atoms with E-state index in [-0.39, 0.29) is 5.82 Å². The van der Waals surface area contributed by atoms with Gasteiger partial charge in [-0.25, -0.2) is 4.39 Å². The van der Waals surface area contributed by atoms with Gasteiger partial charge in [-0.1, -0.05) is 45.7 Å². The maximum Gasteiger partial charge on any atom is 0.124 e. The van der Waals surface area contributed by atoms with Crippen LogP contribution in [0.1, 0.15) is 11.1 Å². The molecule has 0 aromatic heterocycles. The lowest BCUT2D eigenvalue weighted by atomic mass is 10.0. The third-order valence-electron chi connectivity index (χ3n) is 2.86. The fraction of sp³-hybridized carbons (Fsp3) is 0.200. The molecule has 0 aliphatic carbocycles. The molecular formula is C15H13BrClFO. The highest BCUT2D eigenvalue weighted by Gasteiger charge is 2.10. The molecule has 0 saturated heterocycles. The van der Waals surface area contributed by atoms with E-state index in [1.807, 2.05) is 24.3 Å². The van der Waals surface area contributed by atoms with Crippen LogP contribution in [0.3, 0.4) is 0 Å². The van der Waals surface area contributed by atoms with Crippen LogP contribution in [0.15, 0.2) is 46.9 Å². The first-order chi connectivity index (χ1) is 9.04. The molecule has 2 aromatic carbocycles. The first kappa shape index (κ1) is 14.5. The molecule has 1 nitrogen and oxygen atoms in total. The molecule has 2 aromatic rings. The van der Waals surface area contributed by atoms with Gasteiger partial charge in [0.05, 0.1) is 6.10 Å². The Bertz CT molecular complexity index is 557. The van der Waals surface area contributed by atoms with Gasteiger partial charge in [-0.2, -0.15) is 0 Å². The van der Waals surface area contributed by atoms with Crippen LogP contribution in [0.5, 0.6) is 0 Å². The van der Waals surface area contributed by atoms with Crippen LogP contribution in [0.4, 0.5) is 4.39 Å². The number of hydrogen-bond acceptors (Lipinski definition) is 1. The van der Waals surface area contributed by atoms with E-state index in [2.05, 4.69) is 15.9 Å². The average molecular weight is 344 g/mol. The number of benzene rings is 2. The molecule has 0 amide bonds. The second-order valence-corrected chi connectivity index (χ2v) is 5.75. The molecule has 0 fully saturated rings. The van der Waals surface area contributed by atoms with Gasteiger partial charge < -0.3 is 5.11 Å². The lowest BCUT2D eigenvalue weighted by Gasteiger charge is -2.12. The van der Waals surface area contributed by atoms with Gasteiger partial charge >= 0.3 is 0 Å². The minimum absolute atomic E-state index is 0.356. The Morgan fingerprint density at radius 3 is 2.42 bits per heavy atom. The van der Waals surface area contributed by atoms with Crippen molar-refractivity contribution in [1.29, 1.82) is 0 Å². The Labute approximate surface area is 125 Å². The fourth-order valence-corrected chi connectivity index (χ4v) is 2.41. The molecule has 0 bridgehead atoms. The summed E-state index contributed by atoms with van der Waals surface area (Å²) in [6.07, 6.45) is 0.417. The Morgan fingerprint density at radius 2 is 1.79 bits per heavy atom. The van der Waals surface area contributed by atoms with Gasteiger partial charge in [0.1, 0.15) is 5.82 Å². The van der Waals surface area contributed by atoms with E-state index in [4.69, 9.17) is 11.6 Å². The van der Waals surface area contributed by atoms with Crippen molar-refractivity contribution in [3.63, 3.8) is 0 Å². The van der Waals surface area contributed by atoms with Crippen molar-refractivity contribution in [1.82, 2.24) is 0 Å². The predicted molar refractivity (Wildman–Crippen MR) is 79.0 cm³/mol. The van der Waals surface area contributed by atoms with Crippen LogP contribution < -0.4 is 0 Å². The van der Waals surface area contributed by atoms with E-state index in [9.17, 15) is 9.50 Å². The van der Waals surface area contributed by atoms with Gasteiger partial charge in [-0.15, -0.1) is 0 Å². The fourth-order valence-electron chi connectivity index (χ4n) is 1.91. The van der Waals surface area contributed by atoms with Crippen molar-refractivity contribution in [3.8, 4) is 0 Å². The zero-order valence-electron chi connectivity index (χ0n) is 10.1. The van der Waals surface area contributed by atoms with Gasteiger partial charge in [-0.3, -0.25) is 0 Å². The van der Waals surface area contributed by atoms with E-state index < -0.39 is 6.10 Å². The van der Waals surface area contributed by atoms with Crippen molar-refractivity contribution in [2.45, 2.75) is 18.9 Å². The topological polar surface area (TPSA) is 20.2 Å². The predicted octanol–water partition coefficient (Wildman–Crippen LogP) is 4.39. The quantitative estimate of drug-likeness (QED) is 0.873. The highest BCUT2D eigenvalue weighted by atomic mass is 79.9. The Balaban J connectivity index is 2.01. The largest absolute Gasteiger partial charge is 0.392 e. The third kappa shape index (κ3) is 4.30. The monoisotopic (exact) mass is 342 g/mol. The zero-order chi connectivity index (χ0) is 13.8. The smallest absolute Gasteiger partial charge is 0.124 e. The first-order valence-corrected chi connectivity index (χ1v) is 7.08. The highest BCUT2D eigenvalue weighted by molar-refractivity contribution is 9.10. The summed E-state index contributed by atoms with van der Waals surface area (Å²) in [4.78, 5) is 0. The van der Waals surface area contributed by atoms with E-state index in [1.54, 1.807) is 6.07 Å². The molecule has 100 valence electrons. The van der Waals surface area contributed by atoms with E-state index in [0.29, 0.717) is 17.9 Å². The highest BCUT2D eigenvalue weighted by Crippen LogP contribution is 2.20. The maximum absolute atomic E-state index is 12.9. The summed E-state index contributed by atoms with van der Waals surface area (Å²) in [5.74, 6) is -0.365. The first-order valence-electron chi connectivity index (χ1n) is 5.91. The molecule has 0 heterocycles. The summed E-state index contributed by atoms with van der Waals surface area (Å²) in [6.45, 7) is 0. The van der Waals surface area contributed by atoms with Crippen LogP contribution in [-0.2, 0) is 12.8 Å². The van der Waals surface area contributed by atoms with Crippen molar-refractivity contribution in [2.24, 2.45) is 0 Å². The number of halogens is 3. The molecule has 19 heavy (non-hydrogen) atoms. The molecule has 0 saturated carbocycles. The lowest BCUT2D eigenvalue weighted by Crippen LogP contribution is -2.14. The maximum atomic E-state index is 12.9. The second-order valence-electron chi connectivity index (χ2n) is 4.42. The summed E-state index contributed by atoms with van der Waals surface area (Å²) in [7, 11) is 0. The molecular weight excluding hydrogens is 331 g/mol.